The van der Waals surface area contributed by atoms with Crippen molar-refractivity contribution in [1.82, 2.24) is 9.55 Å². The van der Waals surface area contributed by atoms with Crippen molar-refractivity contribution in [2.45, 2.75) is 32.7 Å². The third kappa shape index (κ3) is 5.65. The maximum atomic E-state index is 12.6. The van der Waals surface area contributed by atoms with Gasteiger partial charge in [0.2, 0.25) is 17.8 Å². The Morgan fingerprint density at radius 2 is 1.85 bits per heavy atom. The van der Waals surface area contributed by atoms with E-state index in [1.807, 2.05) is 13.0 Å². The van der Waals surface area contributed by atoms with Crippen LogP contribution in [-0.2, 0) is 16.1 Å². The van der Waals surface area contributed by atoms with Crippen LogP contribution in [0, 0.1) is 11.3 Å². The lowest BCUT2D eigenvalue weighted by atomic mass is 10.2. The summed E-state index contributed by atoms with van der Waals surface area (Å²) in [4.78, 5) is 42.2. The van der Waals surface area contributed by atoms with E-state index < -0.39 is 11.9 Å². The second-order valence-electron chi connectivity index (χ2n) is 7.45. The Bertz CT molecular complexity index is 1230. The standard InChI is InChI=1S/C23H25N7O3/c1-3-4-21(32)29(2)17-9-10-19-18(13-17)27-22(30(19)12-11-20(25)31)28-23(33)26-16-7-5-15(14-24)6-8-16/h5-10,13H,3-4,11-12H2,1-2H3,(H2,25,31)(H2,26,27,28,33). The van der Waals surface area contributed by atoms with E-state index in [1.165, 1.54) is 0 Å². The number of carbonyl (C=O) groups excluding carboxylic acids is 3. The molecule has 170 valence electrons. The summed E-state index contributed by atoms with van der Waals surface area (Å²) in [6.07, 6.45) is 1.24. The molecule has 0 fully saturated rings. The molecule has 2 aromatic carbocycles. The third-order valence-corrected chi connectivity index (χ3v) is 5.04. The molecular formula is C23H25N7O3. The van der Waals surface area contributed by atoms with Gasteiger partial charge in [0.1, 0.15) is 0 Å². The molecule has 10 heteroatoms. The highest BCUT2D eigenvalue weighted by Crippen LogP contribution is 2.26. The van der Waals surface area contributed by atoms with Gasteiger partial charge >= 0.3 is 6.03 Å². The van der Waals surface area contributed by atoms with Gasteiger partial charge < -0.3 is 20.5 Å². The van der Waals surface area contributed by atoms with Crippen molar-refractivity contribution in [2.24, 2.45) is 5.73 Å². The monoisotopic (exact) mass is 447 g/mol. The van der Waals surface area contributed by atoms with E-state index in [2.05, 4.69) is 15.6 Å². The first-order chi connectivity index (χ1) is 15.8. The van der Waals surface area contributed by atoms with E-state index in [9.17, 15) is 14.4 Å². The number of carbonyl (C=O) groups is 3. The average Bonchev–Trinajstić information content (AvgIpc) is 3.13. The van der Waals surface area contributed by atoms with Crippen molar-refractivity contribution in [2.75, 3.05) is 22.6 Å². The maximum Gasteiger partial charge on any atom is 0.326 e. The second kappa shape index (κ2) is 10.3. The molecule has 0 atom stereocenters. The van der Waals surface area contributed by atoms with Crippen molar-refractivity contribution in [3.05, 3.63) is 48.0 Å². The minimum absolute atomic E-state index is 0.00912. The Kier molecular flexibility index (Phi) is 7.25. The molecule has 0 spiro atoms. The van der Waals surface area contributed by atoms with E-state index in [0.717, 1.165) is 6.42 Å². The number of anilines is 3. The number of aryl methyl sites for hydroxylation is 1. The number of primary amides is 1. The number of hydrogen-bond acceptors (Lipinski definition) is 5. The van der Waals surface area contributed by atoms with E-state index in [1.54, 1.807) is 59.0 Å². The van der Waals surface area contributed by atoms with Crippen LogP contribution in [0.1, 0.15) is 31.7 Å². The number of nitrogens with one attached hydrogen (secondary N) is 2. The fourth-order valence-corrected chi connectivity index (χ4v) is 3.29. The van der Waals surface area contributed by atoms with Gasteiger partial charge in [-0.3, -0.25) is 14.9 Å². The predicted molar refractivity (Wildman–Crippen MR) is 126 cm³/mol. The number of nitriles is 1. The van der Waals surface area contributed by atoms with E-state index >= 15 is 0 Å². The molecule has 0 aliphatic heterocycles. The van der Waals surface area contributed by atoms with Crippen LogP contribution in [0.25, 0.3) is 11.0 Å². The highest BCUT2D eigenvalue weighted by atomic mass is 16.2. The molecule has 33 heavy (non-hydrogen) atoms. The van der Waals surface area contributed by atoms with Crippen LogP contribution in [0.2, 0.25) is 0 Å². The molecular weight excluding hydrogens is 422 g/mol. The fraction of sp³-hybridized carbons (Fsp3) is 0.261. The minimum atomic E-state index is -0.536. The lowest BCUT2D eigenvalue weighted by molar-refractivity contribution is -0.119. The van der Waals surface area contributed by atoms with Gasteiger partial charge in [-0.1, -0.05) is 6.92 Å². The molecule has 10 nitrogen and oxygen atoms in total. The third-order valence-electron chi connectivity index (χ3n) is 5.04. The molecule has 3 aromatic rings. The Morgan fingerprint density at radius 3 is 2.48 bits per heavy atom. The normalized spacial score (nSPS) is 10.5. The second-order valence-corrected chi connectivity index (χ2v) is 7.45. The molecule has 4 N–H and O–H groups in total. The number of imidazole rings is 1. The molecule has 1 aromatic heterocycles. The summed E-state index contributed by atoms with van der Waals surface area (Å²) < 4.78 is 1.69. The van der Waals surface area contributed by atoms with Crippen LogP contribution in [0.4, 0.5) is 22.1 Å². The Labute approximate surface area is 191 Å². The number of hydrogen-bond donors (Lipinski definition) is 3. The number of amides is 4. The highest BCUT2D eigenvalue weighted by Gasteiger charge is 2.17. The molecule has 0 aliphatic rings. The van der Waals surface area contributed by atoms with Gasteiger partial charge in [-0.15, -0.1) is 0 Å². The Hall–Kier alpha value is -4.39. The highest BCUT2D eigenvalue weighted by molar-refractivity contribution is 6.00. The minimum Gasteiger partial charge on any atom is -0.370 e. The van der Waals surface area contributed by atoms with Crippen LogP contribution in [-0.4, -0.2) is 34.4 Å². The molecule has 0 aliphatic carbocycles. The molecule has 1 heterocycles. The van der Waals surface area contributed by atoms with Gasteiger partial charge in [0.15, 0.2) is 0 Å². The quantitative estimate of drug-likeness (QED) is 0.485. The number of nitrogens with two attached hydrogens (primary N) is 1. The van der Waals surface area contributed by atoms with Crippen molar-refractivity contribution in [3.63, 3.8) is 0 Å². The van der Waals surface area contributed by atoms with Gasteiger partial charge in [-0.25, -0.2) is 9.78 Å². The molecule has 0 unspecified atom stereocenters. The van der Waals surface area contributed by atoms with Crippen LogP contribution < -0.4 is 21.3 Å². The summed E-state index contributed by atoms with van der Waals surface area (Å²) in [5.74, 6) is -0.256. The SMILES string of the molecule is CCCC(=O)N(C)c1ccc2c(c1)nc(NC(=O)Nc1ccc(C#N)cc1)n2CCC(N)=O. The lowest BCUT2D eigenvalue weighted by Gasteiger charge is -2.17. The number of urea groups is 1. The van der Waals surface area contributed by atoms with E-state index in [4.69, 9.17) is 11.0 Å². The van der Waals surface area contributed by atoms with E-state index in [0.29, 0.717) is 34.4 Å². The summed E-state index contributed by atoms with van der Waals surface area (Å²) in [6, 6.07) is 13.2. The fourth-order valence-electron chi connectivity index (χ4n) is 3.29. The zero-order valence-electron chi connectivity index (χ0n) is 18.5. The van der Waals surface area contributed by atoms with Crippen LogP contribution >= 0.6 is 0 Å². The number of fused-ring (bicyclic) bond motifs is 1. The van der Waals surface area contributed by atoms with Gasteiger partial charge in [-0.2, -0.15) is 5.26 Å². The Morgan fingerprint density at radius 1 is 1.12 bits per heavy atom. The molecule has 0 bridgehead atoms. The topological polar surface area (TPSA) is 146 Å². The zero-order valence-corrected chi connectivity index (χ0v) is 18.5. The predicted octanol–water partition coefficient (Wildman–Crippen LogP) is 3.19. The summed E-state index contributed by atoms with van der Waals surface area (Å²) in [5, 5.41) is 14.3. The molecule has 4 amide bonds. The van der Waals surface area contributed by atoms with Gasteiger partial charge in [0.05, 0.1) is 22.7 Å². The average molecular weight is 447 g/mol. The van der Waals surface area contributed by atoms with Crippen molar-refractivity contribution in [3.8, 4) is 6.07 Å². The summed E-state index contributed by atoms with van der Waals surface area (Å²) in [5.41, 5.74) is 8.22. The zero-order chi connectivity index (χ0) is 24.0. The number of rotatable bonds is 8. The van der Waals surface area contributed by atoms with Crippen molar-refractivity contribution < 1.29 is 14.4 Å². The summed E-state index contributed by atoms with van der Waals surface area (Å²) in [7, 11) is 1.70. The van der Waals surface area contributed by atoms with Crippen molar-refractivity contribution in [1.29, 1.82) is 5.26 Å². The molecule has 3 rings (SSSR count). The summed E-state index contributed by atoms with van der Waals surface area (Å²) >= 11 is 0. The number of benzene rings is 2. The maximum absolute atomic E-state index is 12.6. The molecule has 0 saturated heterocycles. The van der Waals surface area contributed by atoms with E-state index in [-0.39, 0.29) is 24.8 Å². The first-order valence-corrected chi connectivity index (χ1v) is 10.5. The van der Waals surface area contributed by atoms with Gasteiger partial charge in [0.25, 0.3) is 0 Å². The van der Waals surface area contributed by atoms with Gasteiger partial charge in [0, 0.05) is 37.8 Å². The first kappa shape index (κ1) is 23.3. The van der Waals surface area contributed by atoms with Crippen LogP contribution in [0.5, 0.6) is 0 Å². The van der Waals surface area contributed by atoms with Gasteiger partial charge in [-0.05, 0) is 48.9 Å². The number of nitrogens with zero attached hydrogens (tertiary/aromatic N) is 4. The van der Waals surface area contributed by atoms with Crippen LogP contribution in [0.3, 0.4) is 0 Å². The molecule has 0 radical (unpaired) electrons. The van der Waals surface area contributed by atoms with Crippen molar-refractivity contribution >= 4 is 46.2 Å². The molecule has 0 saturated carbocycles. The summed E-state index contributed by atoms with van der Waals surface area (Å²) in [6.45, 7) is 2.17. The van der Waals surface area contributed by atoms with Crippen LogP contribution in [0.15, 0.2) is 42.5 Å². The largest absolute Gasteiger partial charge is 0.370 e. The Balaban J connectivity index is 1.88. The number of aromatic nitrogens is 2. The lowest BCUT2D eigenvalue weighted by Crippen LogP contribution is -2.25. The smallest absolute Gasteiger partial charge is 0.326 e. The first-order valence-electron chi connectivity index (χ1n) is 10.5.